The zero-order valence-electron chi connectivity index (χ0n) is 11.4. The quantitative estimate of drug-likeness (QED) is 0.888. The zero-order chi connectivity index (χ0) is 15.5. The van der Waals surface area contributed by atoms with E-state index in [9.17, 15) is 13.5 Å². The molecular formula is C15H16ClNO3S. The molecule has 21 heavy (non-hydrogen) atoms. The molecule has 0 fully saturated rings. The molecule has 0 aromatic heterocycles. The summed E-state index contributed by atoms with van der Waals surface area (Å²) < 4.78 is 26.9. The number of hydrogen-bond donors (Lipinski definition) is 2. The van der Waals surface area contributed by atoms with Crippen LogP contribution in [0.4, 0.5) is 0 Å². The van der Waals surface area contributed by atoms with E-state index >= 15 is 0 Å². The molecule has 0 bridgehead atoms. The highest BCUT2D eigenvalue weighted by Crippen LogP contribution is 2.20. The summed E-state index contributed by atoms with van der Waals surface area (Å²) in [6, 6.07) is 14.0. The smallest absolute Gasteiger partial charge is 0.240 e. The third-order valence-corrected chi connectivity index (χ3v) is 4.91. The van der Waals surface area contributed by atoms with Gasteiger partial charge in [-0.05, 0) is 36.8 Å². The Morgan fingerprint density at radius 3 is 2.19 bits per heavy atom. The SMILES string of the molecule is C[C@@H](NS(=O)(=O)c1ccccc1)[C@H](O)c1ccc(Cl)cc1. The highest BCUT2D eigenvalue weighted by atomic mass is 35.5. The molecule has 2 aromatic rings. The van der Waals surface area contributed by atoms with Gasteiger partial charge in [0.1, 0.15) is 0 Å². The molecule has 2 N–H and O–H groups in total. The Hall–Kier alpha value is -1.40. The van der Waals surface area contributed by atoms with Gasteiger partial charge in [-0.15, -0.1) is 0 Å². The lowest BCUT2D eigenvalue weighted by molar-refractivity contribution is 0.146. The molecular weight excluding hydrogens is 310 g/mol. The van der Waals surface area contributed by atoms with Crippen LogP contribution in [0.3, 0.4) is 0 Å². The van der Waals surface area contributed by atoms with Crippen molar-refractivity contribution in [2.75, 3.05) is 0 Å². The second-order valence-electron chi connectivity index (χ2n) is 4.72. The van der Waals surface area contributed by atoms with Crippen LogP contribution in [0.1, 0.15) is 18.6 Å². The fourth-order valence-corrected chi connectivity index (χ4v) is 3.32. The molecule has 0 aliphatic heterocycles. The van der Waals surface area contributed by atoms with Crippen LogP contribution in [0.25, 0.3) is 0 Å². The van der Waals surface area contributed by atoms with E-state index in [0.29, 0.717) is 10.6 Å². The van der Waals surface area contributed by atoms with Crippen molar-refractivity contribution in [3.63, 3.8) is 0 Å². The number of hydrogen-bond acceptors (Lipinski definition) is 3. The monoisotopic (exact) mass is 325 g/mol. The van der Waals surface area contributed by atoms with Crippen molar-refractivity contribution in [1.29, 1.82) is 0 Å². The summed E-state index contributed by atoms with van der Waals surface area (Å²) in [7, 11) is -3.66. The Morgan fingerprint density at radius 2 is 1.62 bits per heavy atom. The van der Waals surface area contributed by atoms with Crippen molar-refractivity contribution in [2.45, 2.75) is 24.0 Å². The highest BCUT2D eigenvalue weighted by Gasteiger charge is 2.23. The van der Waals surface area contributed by atoms with E-state index in [-0.39, 0.29) is 4.90 Å². The average molecular weight is 326 g/mol. The van der Waals surface area contributed by atoms with Crippen LogP contribution in [0, 0.1) is 0 Å². The van der Waals surface area contributed by atoms with E-state index in [1.165, 1.54) is 12.1 Å². The number of nitrogens with one attached hydrogen (secondary N) is 1. The summed E-state index contributed by atoms with van der Waals surface area (Å²) in [6.07, 6.45) is -0.958. The maximum absolute atomic E-state index is 12.2. The van der Waals surface area contributed by atoms with Gasteiger partial charge in [0.15, 0.2) is 0 Å². The minimum atomic E-state index is -3.66. The van der Waals surface area contributed by atoms with Gasteiger partial charge in [-0.3, -0.25) is 0 Å². The third-order valence-electron chi connectivity index (χ3n) is 3.08. The Morgan fingerprint density at radius 1 is 1.05 bits per heavy atom. The summed E-state index contributed by atoms with van der Waals surface area (Å²) in [4.78, 5) is 0.167. The van der Waals surface area contributed by atoms with Gasteiger partial charge < -0.3 is 5.11 Å². The molecule has 2 rings (SSSR count). The summed E-state index contributed by atoms with van der Waals surface area (Å²) in [5, 5.41) is 10.8. The fourth-order valence-electron chi connectivity index (χ4n) is 1.93. The van der Waals surface area contributed by atoms with Crippen molar-refractivity contribution in [2.24, 2.45) is 0 Å². The Labute approximate surface area is 129 Å². The molecule has 0 spiro atoms. The van der Waals surface area contributed by atoms with Gasteiger partial charge in [-0.2, -0.15) is 0 Å². The summed E-state index contributed by atoms with van der Waals surface area (Å²) in [6.45, 7) is 1.61. The lowest BCUT2D eigenvalue weighted by Gasteiger charge is -2.20. The third kappa shape index (κ3) is 4.04. The van der Waals surface area contributed by atoms with Gasteiger partial charge in [0.2, 0.25) is 10.0 Å². The molecule has 2 atom stereocenters. The topological polar surface area (TPSA) is 66.4 Å². The van der Waals surface area contributed by atoms with Crippen LogP contribution in [-0.2, 0) is 10.0 Å². The highest BCUT2D eigenvalue weighted by molar-refractivity contribution is 7.89. The van der Waals surface area contributed by atoms with Crippen LogP contribution < -0.4 is 4.72 Å². The lowest BCUT2D eigenvalue weighted by atomic mass is 10.0. The second kappa shape index (κ2) is 6.58. The predicted octanol–water partition coefficient (Wildman–Crippen LogP) is 2.74. The van der Waals surface area contributed by atoms with Crippen molar-refractivity contribution in [3.05, 3.63) is 65.2 Å². The van der Waals surface area contributed by atoms with Gasteiger partial charge in [-0.25, -0.2) is 13.1 Å². The van der Waals surface area contributed by atoms with Crippen LogP contribution in [0.15, 0.2) is 59.5 Å². The minimum absolute atomic E-state index is 0.167. The number of aliphatic hydroxyl groups excluding tert-OH is 1. The molecule has 2 aromatic carbocycles. The van der Waals surface area contributed by atoms with E-state index in [0.717, 1.165) is 0 Å². The van der Waals surface area contributed by atoms with Crippen molar-refractivity contribution >= 4 is 21.6 Å². The molecule has 112 valence electrons. The second-order valence-corrected chi connectivity index (χ2v) is 6.87. The number of benzene rings is 2. The van der Waals surface area contributed by atoms with Crippen molar-refractivity contribution in [3.8, 4) is 0 Å². The molecule has 0 aliphatic carbocycles. The number of halogens is 1. The normalized spacial score (nSPS) is 14.6. The molecule has 0 unspecified atom stereocenters. The lowest BCUT2D eigenvalue weighted by Crippen LogP contribution is -2.37. The maximum atomic E-state index is 12.2. The zero-order valence-corrected chi connectivity index (χ0v) is 13.0. The number of aliphatic hydroxyl groups is 1. The molecule has 4 nitrogen and oxygen atoms in total. The first-order valence-corrected chi connectivity index (χ1v) is 8.27. The maximum Gasteiger partial charge on any atom is 0.240 e. The summed E-state index contributed by atoms with van der Waals surface area (Å²) in [5.74, 6) is 0. The standard InChI is InChI=1S/C15H16ClNO3S/c1-11(15(18)12-7-9-13(16)10-8-12)17-21(19,20)14-5-3-2-4-6-14/h2-11,15,17-18H,1H3/t11-,15+/m1/s1. The molecule has 6 heteroatoms. The molecule has 0 heterocycles. The minimum Gasteiger partial charge on any atom is -0.387 e. The van der Waals surface area contributed by atoms with Gasteiger partial charge in [-0.1, -0.05) is 41.9 Å². The summed E-state index contributed by atoms with van der Waals surface area (Å²) >= 11 is 5.79. The largest absolute Gasteiger partial charge is 0.387 e. The first-order chi connectivity index (χ1) is 9.90. The van der Waals surface area contributed by atoms with E-state index in [1.54, 1.807) is 49.4 Å². The number of rotatable bonds is 5. The molecule has 0 aliphatic rings. The van der Waals surface area contributed by atoms with Gasteiger partial charge in [0, 0.05) is 11.1 Å². The van der Waals surface area contributed by atoms with E-state index < -0.39 is 22.2 Å². The molecule has 0 saturated heterocycles. The molecule has 0 amide bonds. The first-order valence-electron chi connectivity index (χ1n) is 6.41. The van der Waals surface area contributed by atoms with E-state index in [1.807, 2.05) is 0 Å². The summed E-state index contributed by atoms with van der Waals surface area (Å²) in [5.41, 5.74) is 0.600. The van der Waals surface area contributed by atoms with E-state index in [2.05, 4.69) is 4.72 Å². The van der Waals surface area contributed by atoms with Crippen molar-refractivity contribution in [1.82, 2.24) is 4.72 Å². The fraction of sp³-hybridized carbons (Fsp3) is 0.200. The van der Waals surface area contributed by atoms with Gasteiger partial charge in [0.25, 0.3) is 0 Å². The molecule has 0 saturated carbocycles. The molecule has 0 radical (unpaired) electrons. The average Bonchev–Trinajstić information content (AvgIpc) is 2.48. The van der Waals surface area contributed by atoms with Gasteiger partial charge >= 0.3 is 0 Å². The van der Waals surface area contributed by atoms with Crippen LogP contribution >= 0.6 is 11.6 Å². The Bertz CT molecular complexity index is 687. The Balaban J connectivity index is 2.14. The van der Waals surface area contributed by atoms with E-state index in [4.69, 9.17) is 11.6 Å². The Kier molecular flexibility index (Phi) is 5.00. The van der Waals surface area contributed by atoms with Crippen molar-refractivity contribution < 1.29 is 13.5 Å². The van der Waals surface area contributed by atoms with Crippen LogP contribution in [-0.4, -0.2) is 19.6 Å². The number of sulfonamides is 1. The van der Waals surface area contributed by atoms with Crippen LogP contribution in [0.5, 0.6) is 0 Å². The predicted molar refractivity (Wildman–Crippen MR) is 82.6 cm³/mol. The first kappa shape index (κ1) is 16.0. The van der Waals surface area contributed by atoms with Crippen LogP contribution in [0.2, 0.25) is 5.02 Å². The van der Waals surface area contributed by atoms with Gasteiger partial charge in [0.05, 0.1) is 11.0 Å².